The van der Waals surface area contributed by atoms with Crippen molar-refractivity contribution in [1.82, 2.24) is 4.90 Å². The summed E-state index contributed by atoms with van der Waals surface area (Å²) in [6, 6.07) is 11.2. The van der Waals surface area contributed by atoms with Crippen LogP contribution in [0.5, 0.6) is 11.5 Å². The summed E-state index contributed by atoms with van der Waals surface area (Å²) < 4.78 is 5.92. The van der Waals surface area contributed by atoms with Gasteiger partial charge in [-0.15, -0.1) is 0 Å². The molecule has 0 unspecified atom stereocenters. The van der Waals surface area contributed by atoms with E-state index in [2.05, 4.69) is 4.90 Å². The number of benzene rings is 2. The van der Waals surface area contributed by atoms with Gasteiger partial charge in [-0.3, -0.25) is 9.69 Å². The monoisotopic (exact) mass is 337 g/mol. The average molecular weight is 337 g/mol. The maximum atomic E-state index is 12.7. The second kappa shape index (κ2) is 6.26. The predicted octanol–water partition coefficient (Wildman–Crippen LogP) is 3.47. The van der Waals surface area contributed by atoms with Gasteiger partial charge in [0.05, 0.1) is 5.39 Å². The van der Waals surface area contributed by atoms with Crippen molar-refractivity contribution < 1.29 is 14.6 Å². The van der Waals surface area contributed by atoms with Gasteiger partial charge in [0.2, 0.25) is 0 Å². The quantitative estimate of drug-likeness (QED) is 0.765. The lowest BCUT2D eigenvalue weighted by Crippen LogP contribution is -2.19. The third-order valence-electron chi connectivity index (χ3n) is 4.71. The van der Waals surface area contributed by atoms with E-state index in [1.54, 1.807) is 36.4 Å². The summed E-state index contributed by atoms with van der Waals surface area (Å²) in [6.45, 7) is 2.51. The Morgan fingerprint density at radius 3 is 2.44 bits per heavy atom. The van der Waals surface area contributed by atoms with Crippen LogP contribution >= 0.6 is 0 Å². The summed E-state index contributed by atoms with van der Waals surface area (Å²) in [5.74, 6) is 0.726. The van der Waals surface area contributed by atoms with Crippen molar-refractivity contribution in [2.24, 2.45) is 0 Å². The zero-order chi connectivity index (χ0) is 17.4. The molecule has 128 valence electrons. The Morgan fingerprint density at radius 2 is 1.72 bits per heavy atom. The molecule has 2 aromatic carbocycles. The highest BCUT2D eigenvalue weighted by atomic mass is 16.3. The first-order chi connectivity index (χ1) is 12.1. The van der Waals surface area contributed by atoms with Crippen LogP contribution in [0.2, 0.25) is 0 Å². The molecule has 0 saturated carbocycles. The second-order valence-corrected chi connectivity index (χ2v) is 6.44. The Bertz CT molecular complexity index is 969. The molecule has 0 radical (unpaired) electrons. The molecule has 0 aliphatic carbocycles. The van der Waals surface area contributed by atoms with Crippen LogP contribution in [0, 0.1) is 0 Å². The summed E-state index contributed by atoms with van der Waals surface area (Å²) in [7, 11) is 0. The maximum Gasteiger partial charge on any atom is 0.193 e. The Hall–Kier alpha value is -2.79. The second-order valence-electron chi connectivity index (χ2n) is 6.44. The minimum absolute atomic E-state index is 0.129. The number of aromatic hydroxyl groups is 2. The molecule has 5 nitrogen and oxygen atoms in total. The zero-order valence-corrected chi connectivity index (χ0v) is 13.7. The minimum atomic E-state index is -0.172. The fraction of sp³-hybridized carbons (Fsp3) is 0.250. The van der Waals surface area contributed by atoms with E-state index in [0.29, 0.717) is 34.4 Å². The van der Waals surface area contributed by atoms with Gasteiger partial charge in [-0.1, -0.05) is 0 Å². The lowest BCUT2D eigenvalue weighted by Gasteiger charge is -2.17. The molecule has 1 aliphatic rings. The third kappa shape index (κ3) is 2.98. The molecule has 3 aromatic rings. The fourth-order valence-corrected chi connectivity index (χ4v) is 3.40. The van der Waals surface area contributed by atoms with Gasteiger partial charge >= 0.3 is 0 Å². The van der Waals surface area contributed by atoms with Gasteiger partial charge in [0.15, 0.2) is 5.43 Å². The summed E-state index contributed by atoms with van der Waals surface area (Å²) >= 11 is 0. The SMILES string of the molecule is O=c1cc(-c2ccc(O)cc2)oc2ccc(O)c(CN3CCCC3)c12. The Labute approximate surface area is 144 Å². The van der Waals surface area contributed by atoms with Gasteiger partial charge in [0, 0.05) is 23.7 Å². The number of phenols is 2. The first kappa shape index (κ1) is 15.7. The van der Waals surface area contributed by atoms with E-state index in [-0.39, 0.29) is 16.9 Å². The Balaban J connectivity index is 1.83. The van der Waals surface area contributed by atoms with Crippen LogP contribution < -0.4 is 5.43 Å². The fourth-order valence-electron chi connectivity index (χ4n) is 3.40. The van der Waals surface area contributed by atoms with E-state index in [4.69, 9.17) is 4.42 Å². The van der Waals surface area contributed by atoms with Crippen molar-refractivity contribution in [3.8, 4) is 22.8 Å². The van der Waals surface area contributed by atoms with E-state index < -0.39 is 0 Å². The molecule has 1 fully saturated rings. The third-order valence-corrected chi connectivity index (χ3v) is 4.71. The van der Waals surface area contributed by atoms with E-state index in [0.717, 1.165) is 25.9 Å². The number of hydrogen-bond donors (Lipinski definition) is 2. The number of likely N-dealkylation sites (tertiary alicyclic amines) is 1. The molecule has 1 saturated heterocycles. The topological polar surface area (TPSA) is 73.9 Å². The molecule has 0 bridgehead atoms. The summed E-state index contributed by atoms with van der Waals surface area (Å²) in [5, 5.41) is 20.1. The van der Waals surface area contributed by atoms with E-state index in [9.17, 15) is 15.0 Å². The van der Waals surface area contributed by atoms with Gasteiger partial charge in [-0.05, 0) is 62.3 Å². The van der Waals surface area contributed by atoms with Crippen LogP contribution in [0.15, 0.2) is 51.7 Å². The molecular weight excluding hydrogens is 318 g/mol. The number of hydrogen-bond acceptors (Lipinski definition) is 5. The molecule has 0 amide bonds. The van der Waals surface area contributed by atoms with Gasteiger partial charge in [0.25, 0.3) is 0 Å². The molecule has 2 heterocycles. The minimum Gasteiger partial charge on any atom is -0.508 e. The number of fused-ring (bicyclic) bond motifs is 1. The Morgan fingerprint density at radius 1 is 1.00 bits per heavy atom. The smallest absolute Gasteiger partial charge is 0.193 e. The first-order valence-electron chi connectivity index (χ1n) is 8.42. The van der Waals surface area contributed by atoms with Gasteiger partial charge < -0.3 is 14.6 Å². The average Bonchev–Trinajstić information content (AvgIpc) is 3.11. The molecule has 2 N–H and O–H groups in total. The van der Waals surface area contributed by atoms with Crippen LogP contribution in [0.25, 0.3) is 22.3 Å². The van der Waals surface area contributed by atoms with Crippen molar-refractivity contribution in [2.45, 2.75) is 19.4 Å². The normalized spacial score (nSPS) is 15.0. The maximum absolute atomic E-state index is 12.7. The van der Waals surface area contributed by atoms with Gasteiger partial charge in [-0.2, -0.15) is 0 Å². The molecule has 25 heavy (non-hydrogen) atoms. The summed E-state index contributed by atoms with van der Waals surface area (Å²) in [5.41, 5.74) is 1.63. The van der Waals surface area contributed by atoms with E-state index in [1.165, 1.54) is 6.07 Å². The highest BCUT2D eigenvalue weighted by molar-refractivity contribution is 5.84. The standard InChI is InChI=1S/C20H19NO4/c22-14-5-3-13(4-6-14)19-11-17(24)20-15(12-21-9-1-2-10-21)16(23)7-8-18(20)25-19/h3-8,11,22-23H,1-2,9-10,12H2. The van der Waals surface area contributed by atoms with Gasteiger partial charge in [0.1, 0.15) is 22.8 Å². The number of rotatable bonds is 3. The van der Waals surface area contributed by atoms with Crippen molar-refractivity contribution in [1.29, 1.82) is 0 Å². The molecule has 0 atom stereocenters. The summed E-state index contributed by atoms with van der Waals surface area (Å²) in [6.07, 6.45) is 2.29. The van der Waals surface area contributed by atoms with Crippen LogP contribution in [0.3, 0.4) is 0 Å². The first-order valence-corrected chi connectivity index (χ1v) is 8.42. The van der Waals surface area contributed by atoms with Crippen LogP contribution in [0.4, 0.5) is 0 Å². The van der Waals surface area contributed by atoms with Gasteiger partial charge in [-0.25, -0.2) is 0 Å². The highest BCUT2D eigenvalue weighted by Gasteiger charge is 2.19. The molecule has 0 spiro atoms. The molecule has 5 heteroatoms. The Kier molecular flexibility index (Phi) is 3.93. The van der Waals surface area contributed by atoms with Crippen molar-refractivity contribution in [3.63, 3.8) is 0 Å². The van der Waals surface area contributed by atoms with Crippen molar-refractivity contribution >= 4 is 11.0 Å². The highest BCUT2D eigenvalue weighted by Crippen LogP contribution is 2.30. The molecular formula is C20H19NO4. The van der Waals surface area contributed by atoms with E-state index >= 15 is 0 Å². The zero-order valence-electron chi connectivity index (χ0n) is 13.7. The molecule has 4 rings (SSSR count). The predicted molar refractivity (Wildman–Crippen MR) is 95.8 cm³/mol. The molecule has 1 aromatic heterocycles. The largest absolute Gasteiger partial charge is 0.508 e. The van der Waals surface area contributed by atoms with Crippen LogP contribution in [-0.4, -0.2) is 28.2 Å². The summed E-state index contributed by atoms with van der Waals surface area (Å²) in [4.78, 5) is 15.0. The lowest BCUT2D eigenvalue weighted by molar-refractivity contribution is 0.325. The molecule has 1 aliphatic heterocycles. The number of nitrogens with zero attached hydrogens (tertiary/aromatic N) is 1. The van der Waals surface area contributed by atoms with Crippen LogP contribution in [-0.2, 0) is 6.54 Å². The number of phenolic OH excluding ortho intramolecular Hbond substituents is 2. The van der Waals surface area contributed by atoms with Crippen LogP contribution in [0.1, 0.15) is 18.4 Å². The lowest BCUT2D eigenvalue weighted by atomic mass is 10.1. The van der Waals surface area contributed by atoms with Crippen molar-refractivity contribution in [2.75, 3.05) is 13.1 Å². The van der Waals surface area contributed by atoms with Crippen molar-refractivity contribution in [3.05, 3.63) is 58.3 Å². The van der Waals surface area contributed by atoms with E-state index in [1.807, 2.05) is 0 Å².